The maximum absolute atomic E-state index is 3.92. The second-order valence-corrected chi connectivity index (χ2v) is 7.28. The van der Waals surface area contributed by atoms with E-state index in [9.17, 15) is 0 Å². The van der Waals surface area contributed by atoms with Crippen molar-refractivity contribution in [1.82, 2.24) is 5.32 Å². The molecule has 6 aliphatic carbocycles. The van der Waals surface area contributed by atoms with Crippen molar-refractivity contribution >= 4 is 0 Å². The molecule has 0 spiro atoms. The topological polar surface area (TPSA) is 12.0 Å². The van der Waals surface area contributed by atoms with Crippen LogP contribution in [-0.2, 0) is 0 Å². The van der Waals surface area contributed by atoms with E-state index in [0.29, 0.717) is 6.04 Å². The molecule has 15 heavy (non-hydrogen) atoms. The maximum Gasteiger partial charge on any atom is 0.0137 e. The van der Waals surface area contributed by atoms with E-state index in [4.69, 9.17) is 0 Å². The van der Waals surface area contributed by atoms with Crippen LogP contribution in [0.5, 0.6) is 0 Å². The number of hydrogen-bond acceptors (Lipinski definition) is 1. The van der Waals surface area contributed by atoms with Gasteiger partial charge in [-0.1, -0.05) is 13.8 Å². The highest BCUT2D eigenvalue weighted by Gasteiger charge is 2.80. The van der Waals surface area contributed by atoms with Gasteiger partial charge in [0.15, 0.2) is 0 Å². The highest BCUT2D eigenvalue weighted by molar-refractivity contribution is 5.29. The predicted molar refractivity (Wildman–Crippen MR) is 59.2 cm³/mol. The molecule has 1 unspecified atom stereocenters. The Morgan fingerprint density at radius 2 is 1.33 bits per heavy atom. The van der Waals surface area contributed by atoms with Crippen LogP contribution in [0.25, 0.3) is 0 Å². The first-order chi connectivity index (χ1) is 7.27. The SMILES string of the molecule is CC(C)NC1[C@H]2[C@H]3C[C@H]4[C@H]5C[C@H]([C@H]1[C@@H]53)[C@H]42. The normalized spacial score (nSPS) is 71.0. The van der Waals surface area contributed by atoms with Crippen LogP contribution in [0.4, 0.5) is 0 Å². The third kappa shape index (κ3) is 0.638. The Labute approximate surface area is 92.0 Å². The summed E-state index contributed by atoms with van der Waals surface area (Å²) in [5.41, 5.74) is 0. The summed E-state index contributed by atoms with van der Waals surface area (Å²) < 4.78 is 0. The molecule has 0 saturated heterocycles. The molecule has 0 amide bonds. The Kier molecular flexibility index (Phi) is 1.17. The average Bonchev–Trinajstić information content (AvgIpc) is 2.80. The molecule has 6 aliphatic rings. The number of hydrogen-bond donors (Lipinski definition) is 1. The Hall–Kier alpha value is -0.0400. The van der Waals surface area contributed by atoms with Gasteiger partial charge in [0.2, 0.25) is 0 Å². The fourth-order valence-corrected chi connectivity index (χ4v) is 7.23. The predicted octanol–water partition coefficient (Wildman–Crippen LogP) is 2.13. The van der Waals surface area contributed by atoms with Gasteiger partial charge in [-0.2, -0.15) is 0 Å². The van der Waals surface area contributed by atoms with Crippen molar-refractivity contribution in [2.24, 2.45) is 47.3 Å². The van der Waals surface area contributed by atoms with E-state index in [1.165, 1.54) is 35.5 Å². The molecule has 6 rings (SSSR count). The standard InChI is InChI=1S/C14H21N/c1-5(2)15-14-12-8-3-6-7-4-9(10(6)12)13(14)11(7)8/h5-15H,3-4H2,1-2H3/t6-,7+,8-,9-,10-,11-,12-,13-,14?/m0/s1. The van der Waals surface area contributed by atoms with Crippen molar-refractivity contribution in [2.75, 3.05) is 0 Å². The van der Waals surface area contributed by atoms with Crippen LogP contribution in [0.3, 0.4) is 0 Å². The molecule has 0 radical (unpaired) electrons. The Morgan fingerprint density at radius 1 is 0.800 bits per heavy atom. The van der Waals surface area contributed by atoms with Gasteiger partial charge in [0.1, 0.15) is 0 Å². The molecule has 82 valence electrons. The fraction of sp³-hybridized carbons (Fsp3) is 1.00. The van der Waals surface area contributed by atoms with E-state index < -0.39 is 0 Å². The minimum atomic E-state index is 0.699. The van der Waals surface area contributed by atoms with Crippen molar-refractivity contribution in [2.45, 2.75) is 38.8 Å². The van der Waals surface area contributed by atoms with E-state index in [0.717, 1.165) is 17.9 Å². The molecule has 9 atom stereocenters. The zero-order valence-corrected chi connectivity index (χ0v) is 9.69. The van der Waals surface area contributed by atoms with Gasteiger partial charge in [0, 0.05) is 12.1 Å². The number of nitrogens with one attached hydrogen (secondary N) is 1. The summed E-state index contributed by atoms with van der Waals surface area (Å²) in [4.78, 5) is 0. The lowest BCUT2D eigenvalue weighted by Gasteiger charge is -2.33. The van der Waals surface area contributed by atoms with Crippen LogP contribution in [0.15, 0.2) is 0 Å². The van der Waals surface area contributed by atoms with Crippen molar-refractivity contribution in [1.29, 1.82) is 0 Å². The van der Waals surface area contributed by atoms with Gasteiger partial charge >= 0.3 is 0 Å². The maximum atomic E-state index is 3.92. The van der Waals surface area contributed by atoms with E-state index in [1.807, 2.05) is 0 Å². The molecule has 1 N–H and O–H groups in total. The lowest BCUT2D eigenvalue weighted by molar-refractivity contribution is 0.132. The van der Waals surface area contributed by atoms with Gasteiger partial charge in [-0.3, -0.25) is 0 Å². The molecule has 6 bridgehead atoms. The Balaban J connectivity index is 1.60. The largest absolute Gasteiger partial charge is 0.311 e. The van der Waals surface area contributed by atoms with Crippen molar-refractivity contribution in [3.05, 3.63) is 0 Å². The van der Waals surface area contributed by atoms with Crippen LogP contribution in [-0.4, -0.2) is 12.1 Å². The summed E-state index contributed by atoms with van der Waals surface area (Å²) in [6.45, 7) is 4.66. The quantitative estimate of drug-likeness (QED) is 0.725. The van der Waals surface area contributed by atoms with Crippen LogP contribution in [0.1, 0.15) is 26.7 Å². The van der Waals surface area contributed by atoms with Crippen LogP contribution < -0.4 is 5.32 Å². The third-order valence-electron chi connectivity index (χ3n) is 6.85. The summed E-state index contributed by atoms with van der Waals surface area (Å²) in [5.74, 6) is 9.36. The lowest BCUT2D eigenvalue weighted by Crippen LogP contribution is -2.39. The van der Waals surface area contributed by atoms with E-state index in [2.05, 4.69) is 19.2 Å². The third-order valence-corrected chi connectivity index (χ3v) is 6.85. The first kappa shape index (κ1) is 8.11. The monoisotopic (exact) mass is 203 g/mol. The molecule has 6 saturated carbocycles. The molecular weight excluding hydrogens is 182 g/mol. The number of rotatable bonds is 2. The molecule has 1 heteroatoms. The van der Waals surface area contributed by atoms with Crippen LogP contribution in [0.2, 0.25) is 0 Å². The van der Waals surface area contributed by atoms with Crippen LogP contribution in [0, 0.1) is 47.3 Å². The fourth-order valence-electron chi connectivity index (χ4n) is 7.23. The molecule has 6 fully saturated rings. The first-order valence-corrected chi connectivity index (χ1v) is 7.03. The van der Waals surface area contributed by atoms with Gasteiger partial charge in [-0.05, 0) is 60.2 Å². The molecular formula is C14H21N. The molecule has 0 aromatic carbocycles. The minimum Gasteiger partial charge on any atom is -0.311 e. The van der Waals surface area contributed by atoms with Crippen molar-refractivity contribution < 1.29 is 0 Å². The minimum absolute atomic E-state index is 0.699. The highest BCUT2D eigenvalue weighted by Crippen LogP contribution is 2.82. The molecule has 0 heterocycles. The van der Waals surface area contributed by atoms with Crippen molar-refractivity contribution in [3.8, 4) is 0 Å². The van der Waals surface area contributed by atoms with Crippen LogP contribution >= 0.6 is 0 Å². The highest BCUT2D eigenvalue weighted by atomic mass is 15.0. The average molecular weight is 203 g/mol. The summed E-state index contributed by atoms with van der Waals surface area (Å²) in [6, 6.07) is 1.64. The smallest absolute Gasteiger partial charge is 0.0137 e. The van der Waals surface area contributed by atoms with E-state index >= 15 is 0 Å². The van der Waals surface area contributed by atoms with E-state index in [1.54, 1.807) is 12.8 Å². The molecule has 0 aromatic rings. The summed E-state index contributed by atoms with van der Waals surface area (Å²) >= 11 is 0. The second kappa shape index (κ2) is 2.16. The summed E-state index contributed by atoms with van der Waals surface area (Å²) in [6.07, 6.45) is 3.27. The summed E-state index contributed by atoms with van der Waals surface area (Å²) in [5, 5.41) is 3.92. The van der Waals surface area contributed by atoms with Crippen molar-refractivity contribution in [3.63, 3.8) is 0 Å². The molecule has 0 aliphatic heterocycles. The van der Waals surface area contributed by atoms with E-state index in [-0.39, 0.29) is 0 Å². The van der Waals surface area contributed by atoms with Gasteiger partial charge < -0.3 is 5.32 Å². The first-order valence-electron chi connectivity index (χ1n) is 7.03. The van der Waals surface area contributed by atoms with Gasteiger partial charge in [-0.25, -0.2) is 0 Å². The summed E-state index contributed by atoms with van der Waals surface area (Å²) in [7, 11) is 0. The molecule has 0 aromatic heterocycles. The Bertz CT molecular complexity index is 308. The van der Waals surface area contributed by atoms with Gasteiger partial charge in [0.25, 0.3) is 0 Å². The van der Waals surface area contributed by atoms with Gasteiger partial charge in [-0.15, -0.1) is 0 Å². The Morgan fingerprint density at radius 3 is 1.80 bits per heavy atom. The zero-order valence-electron chi connectivity index (χ0n) is 9.69. The zero-order chi connectivity index (χ0) is 9.89. The lowest BCUT2D eigenvalue weighted by atomic mass is 9.71. The second-order valence-electron chi connectivity index (χ2n) is 7.28. The van der Waals surface area contributed by atoms with Gasteiger partial charge in [0.05, 0.1) is 0 Å². The molecule has 1 nitrogen and oxygen atoms in total.